The van der Waals surface area contributed by atoms with E-state index in [1.807, 2.05) is 72.0 Å². The van der Waals surface area contributed by atoms with Crippen LogP contribution >= 0.6 is 11.3 Å². The molecule has 3 heterocycles. The molecule has 0 amide bonds. The number of amidine groups is 2. The number of thiophene rings is 1. The molecule has 5 nitrogen and oxygen atoms in total. The third kappa shape index (κ3) is 4.88. The zero-order valence-electron chi connectivity index (χ0n) is 28.0. The molecule has 0 aliphatic carbocycles. The molecule has 10 rings (SSSR count). The molecule has 7 aromatic carbocycles. The summed E-state index contributed by atoms with van der Waals surface area (Å²) in [6.07, 6.45) is 0. The van der Waals surface area contributed by atoms with Crippen molar-refractivity contribution in [3.8, 4) is 5.69 Å². The number of rotatable bonds is 5. The van der Waals surface area contributed by atoms with E-state index in [-0.39, 0.29) is 0 Å². The molecule has 10 aromatic rings. The normalized spacial score (nSPS) is 12.6. The maximum Gasteiger partial charge on any atom is 0.161 e. The quantitative estimate of drug-likeness (QED) is 0.131. The topological polar surface area (TPSA) is 55.1 Å². The number of hydrogen-bond donors (Lipinski definition) is 0. The minimum Gasteiger partial charge on any atom is -0.456 e. The molecule has 0 bridgehead atoms. The van der Waals surface area contributed by atoms with Crippen LogP contribution in [0.25, 0.3) is 69.6 Å². The summed E-state index contributed by atoms with van der Waals surface area (Å²) in [5.41, 5.74) is 7.99. The van der Waals surface area contributed by atoms with Crippen LogP contribution in [0.5, 0.6) is 0 Å². The lowest BCUT2D eigenvalue weighted by Crippen LogP contribution is -2.05. The van der Waals surface area contributed by atoms with Gasteiger partial charge in [-0.1, -0.05) is 127 Å². The van der Waals surface area contributed by atoms with Crippen LogP contribution in [0.3, 0.4) is 0 Å². The van der Waals surface area contributed by atoms with Crippen molar-refractivity contribution in [3.05, 3.63) is 174 Å². The molecular weight excluding hydrogens is 657 g/mol. The van der Waals surface area contributed by atoms with Crippen LogP contribution in [0.2, 0.25) is 0 Å². The molecule has 0 radical (unpaired) electrons. The number of nitrogens with zero attached hydrogens (tertiary/aromatic N) is 4. The van der Waals surface area contributed by atoms with Gasteiger partial charge in [-0.05, 0) is 42.6 Å². The number of hydrogen-bond acceptors (Lipinski definition) is 3. The highest BCUT2D eigenvalue weighted by atomic mass is 32.1. The molecule has 0 atom stereocenters. The van der Waals surface area contributed by atoms with Crippen LogP contribution in [-0.4, -0.2) is 23.0 Å². The standard InChI is InChI=1S/C46H30N4OS/c1-47-45(30-13-4-2-5-14-30)49-46(31-15-6-3-7-16-31)48-28-29-23-24-36-40(27-29)51-39-21-12-20-38(42(36)39)50-37-19-10-8-17-32(37)34-25-26-35-33-18-9-11-22-41(33)52-44(35)43(34)50/h2-27H,1,28H2/b48-46-,49-45-. The first-order chi connectivity index (χ1) is 25.7. The summed E-state index contributed by atoms with van der Waals surface area (Å²) in [5.74, 6) is 1.12. The van der Waals surface area contributed by atoms with Gasteiger partial charge in [-0.3, -0.25) is 4.99 Å². The molecule has 0 aliphatic heterocycles. The maximum absolute atomic E-state index is 6.61. The number of fused-ring (bicyclic) bond motifs is 10. The maximum atomic E-state index is 6.61. The van der Waals surface area contributed by atoms with Gasteiger partial charge in [0.25, 0.3) is 0 Å². The van der Waals surface area contributed by atoms with E-state index in [1.165, 1.54) is 42.0 Å². The summed E-state index contributed by atoms with van der Waals surface area (Å²) in [6.45, 7) is 4.21. The average molecular weight is 687 g/mol. The second kappa shape index (κ2) is 12.3. The summed E-state index contributed by atoms with van der Waals surface area (Å²) < 4.78 is 11.6. The van der Waals surface area contributed by atoms with Crippen molar-refractivity contribution in [2.24, 2.45) is 15.0 Å². The fraction of sp³-hybridized carbons (Fsp3) is 0.0217. The van der Waals surface area contributed by atoms with Gasteiger partial charge in [-0.25, -0.2) is 9.98 Å². The summed E-state index contributed by atoms with van der Waals surface area (Å²) in [5, 5.41) is 7.22. The van der Waals surface area contributed by atoms with Crippen molar-refractivity contribution in [2.75, 3.05) is 0 Å². The van der Waals surface area contributed by atoms with E-state index < -0.39 is 0 Å². The van der Waals surface area contributed by atoms with Crippen LogP contribution in [0.4, 0.5) is 0 Å². The first-order valence-electron chi connectivity index (χ1n) is 17.2. The van der Waals surface area contributed by atoms with Crippen LogP contribution in [-0.2, 0) is 6.54 Å². The molecule has 0 unspecified atom stereocenters. The second-order valence-electron chi connectivity index (χ2n) is 12.8. The lowest BCUT2D eigenvalue weighted by Gasteiger charge is -2.10. The SMILES string of the molecule is C=N/C(=N\C(=N/Cc1ccc2c(c1)oc1cccc(-n3c4ccccc4c4ccc5c6ccccc6sc5c43)c12)c1ccccc1)c1ccccc1. The van der Waals surface area contributed by atoms with Gasteiger partial charge in [-0.2, -0.15) is 0 Å². The van der Waals surface area contributed by atoms with E-state index >= 15 is 0 Å². The molecule has 0 N–H and O–H groups in total. The predicted octanol–water partition coefficient (Wildman–Crippen LogP) is 12.1. The summed E-state index contributed by atoms with van der Waals surface area (Å²) >= 11 is 1.86. The first-order valence-corrected chi connectivity index (χ1v) is 18.1. The third-order valence-corrected chi connectivity index (χ3v) is 11.0. The molecule has 0 fully saturated rings. The first kappa shape index (κ1) is 30.2. The lowest BCUT2D eigenvalue weighted by atomic mass is 10.1. The van der Waals surface area contributed by atoms with E-state index in [4.69, 9.17) is 14.4 Å². The lowest BCUT2D eigenvalue weighted by molar-refractivity contribution is 0.668. The second-order valence-corrected chi connectivity index (χ2v) is 13.9. The Bertz CT molecular complexity index is 3060. The Morgan fingerprint density at radius 2 is 1.29 bits per heavy atom. The van der Waals surface area contributed by atoms with Gasteiger partial charge in [0.1, 0.15) is 11.2 Å². The summed E-state index contributed by atoms with van der Waals surface area (Å²) in [7, 11) is 0. The fourth-order valence-corrected chi connectivity index (χ4v) is 8.68. The largest absolute Gasteiger partial charge is 0.456 e. The molecule has 6 heteroatoms. The third-order valence-electron chi connectivity index (χ3n) is 9.80. The van der Waals surface area contributed by atoms with Gasteiger partial charge in [0.2, 0.25) is 0 Å². The molecule has 0 saturated heterocycles. The van der Waals surface area contributed by atoms with Crippen molar-refractivity contribution in [3.63, 3.8) is 0 Å². The van der Waals surface area contributed by atoms with Gasteiger partial charge in [0.15, 0.2) is 11.7 Å². The van der Waals surface area contributed by atoms with E-state index in [0.29, 0.717) is 18.2 Å². The highest BCUT2D eigenvalue weighted by molar-refractivity contribution is 7.26. The molecule has 0 aliphatic rings. The van der Waals surface area contributed by atoms with Crippen molar-refractivity contribution in [1.82, 2.24) is 4.57 Å². The van der Waals surface area contributed by atoms with Crippen molar-refractivity contribution in [1.29, 1.82) is 0 Å². The predicted molar refractivity (Wildman–Crippen MR) is 220 cm³/mol. The number of furan rings is 1. The molecule has 52 heavy (non-hydrogen) atoms. The van der Waals surface area contributed by atoms with Gasteiger partial charge in [0.05, 0.1) is 33.4 Å². The Balaban J connectivity index is 1.13. The Morgan fingerprint density at radius 3 is 2.10 bits per heavy atom. The Hall–Kier alpha value is -6.63. The molecule has 246 valence electrons. The van der Waals surface area contributed by atoms with Gasteiger partial charge >= 0.3 is 0 Å². The minimum atomic E-state index is 0.420. The summed E-state index contributed by atoms with van der Waals surface area (Å²) in [4.78, 5) is 14.1. The Kier molecular flexibility index (Phi) is 7.15. The van der Waals surface area contributed by atoms with E-state index in [1.54, 1.807) is 0 Å². The summed E-state index contributed by atoms with van der Waals surface area (Å²) in [6, 6.07) is 54.6. The van der Waals surface area contributed by atoms with E-state index in [9.17, 15) is 0 Å². The molecule has 0 spiro atoms. The van der Waals surface area contributed by atoms with Crippen molar-refractivity contribution in [2.45, 2.75) is 6.54 Å². The molecule has 3 aromatic heterocycles. The highest BCUT2D eigenvalue weighted by Crippen LogP contribution is 2.44. The van der Waals surface area contributed by atoms with Gasteiger partial charge in [-0.15, -0.1) is 11.3 Å². The Labute approximate surface area is 303 Å². The van der Waals surface area contributed by atoms with Crippen LogP contribution in [0.1, 0.15) is 16.7 Å². The number of benzene rings is 7. The highest BCUT2D eigenvalue weighted by Gasteiger charge is 2.21. The zero-order valence-corrected chi connectivity index (χ0v) is 28.8. The van der Waals surface area contributed by atoms with Crippen LogP contribution in [0, 0.1) is 0 Å². The number of aromatic nitrogens is 1. The van der Waals surface area contributed by atoms with Crippen molar-refractivity contribution < 1.29 is 4.42 Å². The fourth-order valence-electron chi connectivity index (χ4n) is 7.44. The monoisotopic (exact) mass is 686 g/mol. The molecule has 0 saturated carbocycles. The van der Waals surface area contributed by atoms with Crippen LogP contribution < -0.4 is 0 Å². The molecular formula is C46H30N4OS. The van der Waals surface area contributed by atoms with E-state index in [0.717, 1.165) is 44.3 Å². The van der Waals surface area contributed by atoms with Crippen LogP contribution in [0.15, 0.2) is 177 Å². The average Bonchev–Trinajstić information content (AvgIpc) is 3.88. The van der Waals surface area contributed by atoms with Gasteiger partial charge < -0.3 is 8.98 Å². The van der Waals surface area contributed by atoms with E-state index in [2.05, 4.69) is 113 Å². The smallest absolute Gasteiger partial charge is 0.161 e. The van der Waals surface area contributed by atoms with Crippen molar-refractivity contribution >= 4 is 93.6 Å². The Morgan fingerprint density at radius 1 is 0.596 bits per heavy atom. The number of para-hydroxylation sites is 1. The number of aliphatic imine (C=N–C) groups is 3. The minimum absolute atomic E-state index is 0.420. The van der Waals surface area contributed by atoms with Gasteiger partial charge in [0, 0.05) is 42.8 Å². The zero-order chi connectivity index (χ0) is 34.6.